The van der Waals surface area contributed by atoms with Gasteiger partial charge in [0, 0.05) is 25.6 Å². The molecule has 0 spiro atoms. The summed E-state index contributed by atoms with van der Waals surface area (Å²) in [4.78, 5) is 20.5. The second-order valence-corrected chi connectivity index (χ2v) is 5.06. The molecule has 2 heterocycles. The van der Waals surface area contributed by atoms with E-state index in [1.165, 1.54) is 12.3 Å². The number of amides is 1. The molecule has 2 N–H and O–H groups in total. The van der Waals surface area contributed by atoms with Crippen LogP contribution in [0.2, 0.25) is 0 Å². The van der Waals surface area contributed by atoms with Gasteiger partial charge in [0.15, 0.2) is 5.69 Å². The number of hydrogen-bond donors (Lipinski definition) is 2. The average molecular weight is 272 g/mol. The second kappa shape index (κ2) is 4.96. The largest absolute Gasteiger partial charge is 0.505 e. The molecule has 1 atom stereocenters. The highest BCUT2D eigenvalue weighted by Crippen LogP contribution is 2.40. The maximum Gasteiger partial charge on any atom is 0.274 e. The van der Waals surface area contributed by atoms with Crippen molar-refractivity contribution in [2.75, 3.05) is 0 Å². The van der Waals surface area contributed by atoms with E-state index in [9.17, 15) is 9.90 Å². The fourth-order valence-corrected chi connectivity index (χ4v) is 2.28. The molecule has 2 aromatic rings. The van der Waals surface area contributed by atoms with Crippen molar-refractivity contribution in [1.82, 2.24) is 19.9 Å². The summed E-state index contributed by atoms with van der Waals surface area (Å²) in [6.07, 6.45) is 7.21. The van der Waals surface area contributed by atoms with Gasteiger partial charge in [-0.15, -0.1) is 0 Å². The van der Waals surface area contributed by atoms with E-state index < -0.39 is 0 Å². The van der Waals surface area contributed by atoms with Gasteiger partial charge in [-0.2, -0.15) is 0 Å². The van der Waals surface area contributed by atoms with E-state index in [0.717, 1.165) is 18.7 Å². The SMILES string of the molecule is Cn1ccnc1C(NC(=O)c1ncccc1O)C1CC1. The molecule has 2 aromatic heterocycles. The molecular formula is C14H16N4O2. The Kier molecular flexibility index (Phi) is 3.14. The Morgan fingerprint density at radius 3 is 2.85 bits per heavy atom. The first-order valence-electron chi connectivity index (χ1n) is 6.59. The maximum atomic E-state index is 12.2. The highest BCUT2D eigenvalue weighted by molar-refractivity contribution is 5.94. The van der Waals surface area contributed by atoms with Crippen molar-refractivity contribution in [1.29, 1.82) is 0 Å². The van der Waals surface area contributed by atoms with Crippen molar-refractivity contribution in [2.24, 2.45) is 13.0 Å². The summed E-state index contributed by atoms with van der Waals surface area (Å²) in [7, 11) is 1.90. The zero-order chi connectivity index (χ0) is 14.1. The molecule has 3 rings (SSSR count). The van der Waals surface area contributed by atoms with E-state index in [1.807, 2.05) is 17.8 Å². The quantitative estimate of drug-likeness (QED) is 0.881. The van der Waals surface area contributed by atoms with Gasteiger partial charge in [-0.25, -0.2) is 9.97 Å². The molecule has 1 saturated carbocycles. The monoisotopic (exact) mass is 272 g/mol. The van der Waals surface area contributed by atoms with Gasteiger partial charge in [-0.1, -0.05) is 0 Å². The Bertz CT molecular complexity index is 634. The van der Waals surface area contributed by atoms with Crippen molar-refractivity contribution in [3.63, 3.8) is 0 Å². The highest BCUT2D eigenvalue weighted by atomic mass is 16.3. The second-order valence-electron chi connectivity index (χ2n) is 5.06. The predicted octanol–water partition coefficient (Wildman–Crippen LogP) is 1.40. The molecule has 1 unspecified atom stereocenters. The third-order valence-corrected chi connectivity index (χ3v) is 3.52. The average Bonchev–Trinajstić information content (AvgIpc) is 3.19. The van der Waals surface area contributed by atoms with Crippen LogP contribution in [0.5, 0.6) is 5.75 Å². The van der Waals surface area contributed by atoms with E-state index in [0.29, 0.717) is 5.92 Å². The number of imidazole rings is 1. The summed E-state index contributed by atoms with van der Waals surface area (Å²) in [6.45, 7) is 0. The zero-order valence-corrected chi connectivity index (χ0v) is 11.2. The Labute approximate surface area is 116 Å². The zero-order valence-electron chi connectivity index (χ0n) is 11.2. The molecule has 104 valence electrons. The Hall–Kier alpha value is -2.37. The van der Waals surface area contributed by atoms with E-state index in [2.05, 4.69) is 15.3 Å². The molecule has 1 fully saturated rings. The number of aromatic hydroxyl groups is 1. The standard InChI is InChI=1S/C14H16N4O2/c1-18-8-7-16-13(18)11(9-4-5-9)17-14(20)12-10(19)3-2-6-15-12/h2-3,6-9,11,19H,4-5H2,1H3,(H,17,20). The van der Waals surface area contributed by atoms with Crippen LogP contribution in [0, 0.1) is 5.92 Å². The van der Waals surface area contributed by atoms with E-state index in [-0.39, 0.29) is 23.4 Å². The van der Waals surface area contributed by atoms with Crippen LogP contribution < -0.4 is 5.32 Å². The topological polar surface area (TPSA) is 80.0 Å². The number of nitrogens with one attached hydrogen (secondary N) is 1. The van der Waals surface area contributed by atoms with E-state index >= 15 is 0 Å². The highest BCUT2D eigenvalue weighted by Gasteiger charge is 2.36. The molecule has 1 aliphatic rings. The van der Waals surface area contributed by atoms with Crippen molar-refractivity contribution >= 4 is 5.91 Å². The lowest BCUT2D eigenvalue weighted by Crippen LogP contribution is -2.32. The van der Waals surface area contributed by atoms with Gasteiger partial charge in [0.2, 0.25) is 0 Å². The van der Waals surface area contributed by atoms with Crippen molar-refractivity contribution in [3.05, 3.63) is 42.2 Å². The molecule has 0 aliphatic heterocycles. The Morgan fingerprint density at radius 2 is 2.25 bits per heavy atom. The van der Waals surface area contributed by atoms with E-state index in [4.69, 9.17) is 0 Å². The fourth-order valence-electron chi connectivity index (χ4n) is 2.28. The number of hydrogen-bond acceptors (Lipinski definition) is 4. The molecule has 0 bridgehead atoms. The van der Waals surface area contributed by atoms with Gasteiger partial charge in [0.05, 0.1) is 6.04 Å². The van der Waals surface area contributed by atoms with Crippen LogP contribution in [0.3, 0.4) is 0 Å². The minimum atomic E-state index is -0.372. The fraction of sp³-hybridized carbons (Fsp3) is 0.357. The first-order chi connectivity index (χ1) is 9.66. The van der Waals surface area contributed by atoms with Gasteiger partial charge < -0.3 is 15.0 Å². The normalized spacial score (nSPS) is 15.8. The maximum absolute atomic E-state index is 12.2. The molecule has 0 aromatic carbocycles. The third kappa shape index (κ3) is 2.36. The summed E-state index contributed by atoms with van der Waals surface area (Å²) in [6, 6.07) is 2.90. The summed E-state index contributed by atoms with van der Waals surface area (Å²) in [5, 5.41) is 12.6. The third-order valence-electron chi connectivity index (χ3n) is 3.52. The van der Waals surface area contributed by atoms with Crippen LogP contribution in [0.15, 0.2) is 30.7 Å². The molecule has 20 heavy (non-hydrogen) atoms. The first kappa shape index (κ1) is 12.7. The molecule has 6 heteroatoms. The molecule has 1 aliphatic carbocycles. The first-order valence-corrected chi connectivity index (χ1v) is 6.59. The lowest BCUT2D eigenvalue weighted by atomic mass is 10.1. The van der Waals surface area contributed by atoms with Crippen molar-refractivity contribution in [3.8, 4) is 5.75 Å². The van der Waals surface area contributed by atoms with Gasteiger partial charge >= 0.3 is 0 Å². The molecule has 0 saturated heterocycles. The molecule has 6 nitrogen and oxygen atoms in total. The van der Waals surface area contributed by atoms with Gasteiger partial charge in [-0.3, -0.25) is 4.79 Å². The minimum absolute atomic E-state index is 0.0485. The number of carbonyl (C=O) groups is 1. The van der Waals surface area contributed by atoms with Gasteiger partial charge in [-0.05, 0) is 30.9 Å². The number of carbonyl (C=O) groups excluding carboxylic acids is 1. The smallest absolute Gasteiger partial charge is 0.274 e. The molecule has 1 amide bonds. The lowest BCUT2D eigenvalue weighted by Gasteiger charge is -2.18. The van der Waals surface area contributed by atoms with Crippen LogP contribution >= 0.6 is 0 Å². The number of aromatic nitrogens is 3. The minimum Gasteiger partial charge on any atom is -0.505 e. The lowest BCUT2D eigenvalue weighted by molar-refractivity contribution is 0.0921. The van der Waals surface area contributed by atoms with Crippen LogP contribution in [0.1, 0.15) is 35.2 Å². The number of pyridine rings is 1. The Morgan fingerprint density at radius 1 is 1.45 bits per heavy atom. The van der Waals surface area contributed by atoms with E-state index in [1.54, 1.807) is 12.3 Å². The summed E-state index contributed by atoms with van der Waals surface area (Å²) < 4.78 is 1.90. The summed E-state index contributed by atoms with van der Waals surface area (Å²) >= 11 is 0. The Balaban J connectivity index is 1.83. The summed E-state index contributed by atoms with van der Waals surface area (Å²) in [5.41, 5.74) is 0.0485. The number of nitrogens with zero attached hydrogens (tertiary/aromatic N) is 3. The number of aryl methyl sites for hydroxylation is 1. The molecule has 0 radical (unpaired) electrons. The van der Waals surface area contributed by atoms with Crippen LogP contribution in [0.4, 0.5) is 0 Å². The molecular weight excluding hydrogens is 256 g/mol. The van der Waals surface area contributed by atoms with Crippen LogP contribution in [-0.2, 0) is 7.05 Å². The van der Waals surface area contributed by atoms with Crippen LogP contribution in [0.25, 0.3) is 0 Å². The summed E-state index contributed by atoms with van der Waals surface area (Å²) in [5.74, 6) is 0.754. The van der Waals surface area contributed by atoms with Crippen LogP contribution in [-0.4, -0.2) is 25.5 Å². The van der Waals surface area contributed by atoms with Gasteiger partial charge in [0.25, 0.3) is 5.91 Å². The number of rotatable bonds is 4. The predicted molar refractivity (Wildman–Crippen MR) is 72.0 cm³/mol. The van der Waals surface area contributed by atoms with Gasteiger partial charge in [0.1, 0.15) is 11.6 Å². The van der Waals surface area contributed by atoms with Crippen molar-refractivity contribution in [2.45, 2.75) is 18.9 Å². The van der Waals surface area contributed by atoms with Crippen molar-refractivity contribution < 1.29 is 9.90 Å².